The summed E-state index contributed by atoms with van der Waals surface area (Å²) in [6.45, 7) is -0.252. The standard InChI is InChI=1S/C19H13ClF3N3O3S2/c20-13-4-6-14(7-5-13)29-9-16(28)24-17-25-26-18(31-17)30-10-15(27)11-2-1-3-12(8-11)19(21,22)23/h1-8H,9-10H2,(H,24,25,28). The molecule has 0 spiro atoms. The number of hydrogen-bond donors (Lipinski definition) is 1. The van der Waals surface area contributed by atoms with Gasteiger partial charge >= 0.3 is 6.18 Å². The number of thioether (sulfide) groups is 1. The molecule has 0 aliphatic carbocycles. The Morgan fingerprint density at radius 1 is 1.13 bits per heavy atom. The molecule has 0 aliphatic rings. The highest BCUT2D eigenvalue weighted by molar-refractivity contribution is 8.01. The average molecular weight is 488 g/mol. The van der Waals surface area contributed by atoms with Gasteiger partial charge in [-0.15, -0.1) is 10.2 Å². The number of rotatable bonds is 8. The Hall–Kier alpha value is -2.63. The zero-order valence-electron chi connectivity index (χ0n) is 15.5. The number of nitrogens with one attached hydrogen (secondary N) is 1. The lowest BCUT2D eigenvalue weighted by atomic mass is 10.1. The summed E-state index contributed by atoms with van der Waals surface area (Å²) in [5.74, 6) is -0.582. The SMILES string of the molecule is O=C(COc1ccc(Cl)cc1)Nc1nnc(SCC(=O)c2cccc(C(F)(F)F)c2)s1. The second kappa shape index (κ2) is 10.1. The van der Waals surface area contributed by atoms with Crippen molar-refractivity contribution in [2.75, 3.05) is 17.7 Å². The fourth-order valence-electron chi connectivity index (χ4n) is 2.23. The third-order valence-corrected chi connectivity index (χ3v) is 5.90. The lowest BCUT2D eigenvalue weighted by molar-refractivity contribution is -0.137. The first kappa shape index (κ1) is 23.0. The van der Waals surface area contributed by atoms with Gasteiger partial charge < -0.3 is 4.74 Å². The van der Waals surface area contributed by atoms with E-state index in [0.29, 0.717) is 15.1 Å². The number of aromatic nitrogens is 2. The Morgan fingerprint density at radius 3 is 2.58 bits per heavy atom. The van der Waals surface area contributed by atoms with Crippen molar-refractivity contribution >= 4 is 51.5 Å². The number of Topliss-reactive ketones (excluding diaryl/α,β-unsaturated/α-hetero) is 1. The van der Waals surface area contributed by atoms with Crippen molar-refractivity contribution < 1.29 is 27.5 Å². The molecular weight excluding hydrogens is 475 g/mol. The summed E-state index contributed by atoms with van der Waals surface area (Å²) in [6, 6.07) is 10.7. The summed E-state index contributed by atoms with van der Waals surface area (Å²) in [6.07, 6.45) is -4.52. The van der Waals surface area contributed by atoms with Crippen molar-refractivity contribution in [2.45, 2.75) is 10.5 Å². The number of amides is 1. The first-order valence-corrected chi connectivity index (χ1v) is 10.7. The minimum Gasteiger partial charge on any atom is -0.484 e. The van der Waals surface area contributed by atoms with Crippen LogP contribution in [0.1, 0.15) is 15.9 Å². The second-order valence-corrected chi connectivity index (χ2v) is 8.59. The molecule has 1 heterocycles. The lowest BCUT2D eigenvalue weighted by Gasteiger charge is -2.07. The number of halogens is 4. The Labute approximate surface area is 187 Å². The molecule has 0 saturated heterocycles. The topological polar surface area (TPSA) is 81.2 Å². The second-order valence-electron chi connectivity index (χ2n) is 5.95. The maximum Gasteiger partial charge on any atom is 0.416 e. The van der Waals surface area contributed by atoms with Gasteiger partial charge in [-0.05, 0) is 36.4 Å². The van der Waals surface area contributed by atoms with E-state index in [1.165, 1.54) is 12.1 Å². The average Bonchev–Trinajstić information content (AvgIpc) is 3.18. The van der Waals surface area contributed by atoms with Crippen LogP contribution >= 0.6 is 34.7 Å². The molecule has 3 rings (SSSR count). The molecular formula is C19H13ClF3N3O3S2. The quantitative estimate of drug-likeness (QED) is 0.267. The number of benzene rings is 2. The fraction of sp³-hybridized carbons (Fsp3) is 0.158. The van der Waals surface area contributed by atoms with Gasteiger partial charge in [-0.3, -0.25) is 14.9 Å². The van der Waals surface area contributed by atoms with E-state index in [1.54, 1.807) is 24.3 Å². The molecule has 0 bridgehead atoms. The Bertz CT molecular complexity index is 1080. The van der Waals surface area contributed by atoms with Crippen LogP contribution in [-0.4, -0.2) is 34.2 Å². The summed E-state index contributed by atoms with van der Waals surface area (Å²) in [5.41, 5.74) is -0.926. The van der Waals surface area contributed by atoms with E-state index in [9.17, 15) is 22.8 Å². The van der Waals surface area contributed by atoms with Gasteiger partial charge in [0.25, 0.3) is 5.91 Å². The fourth-order valence-corrected chi connectivity index (χ4v) is 4.02. The van der Waals surface area contributed by atoms with Crippen LogP contribution in [-0.2, 0) is 11.0 Å². The van der Waals surface area contributed by atoms with E-state index in [0.717, 1.165) is 35.2 Å². The van der Waals surface area contributed by atoms with Gasteiger partial charge in [0.05, 0.1) is 11.3 Å². The van der Waals surface area contributed by atoms with Gasteiger partial charge in [0, 0.05) is 10.6 Å². The van der Waals surface area contributed by atoms with Gasteiger partial charge in [0.2, 0.25) is 5.13 Å². The molecule has 3 aromatic rings. The van der Waals surface area contributed by atoms with Crippen molar-refractivity contribution in [2.24, 2.45) is 0 Å². The number of ketones is 1. The largest absolute Gasteiger partial charge is 0.484 e. The number of hydrogen-bond acceptors (Lipinski definition) is 7. The van der Waals surface area contributed by atoms with Crippen molar-refractivity contribution in [1.82, 2.24) is 10.2 Å². The van der Waals surface area contributed by atoms with E-state index in [4.69, 9.17) is 16.3 Å². The molecule has 31 heavy (non-hydrogen) atoms. The van der Waals surface area contributed by atoms with Crippen molar-refractivity contribution in [1.29, 1.82) is 0 Å². The molecule has 2 aromatic carbocycles. The molecule has 12 heteroatoms. The van der Waals surface area contributed by atoms with Crippen molar-refractivity contribution in [3.05, 3.63) is 64.7 Å². The van der Waals surface area contributed by atoms with Gasteiger partial charge in [-0.2, -0.15) is 13.2 Å². The highest BCUT2D eigenvalue weighted by Crippen LogP contribution is 2.30. The maximum atomic E-state index is 12.8. The van der Waals surface area contributed by atoms with Crippen LogP contribution in [0.25, 0.3) is 0 Å². The van der Waals surface area contributed by atoms with Crippen molar-refractivity contribution in [3.63, 3.8) is 0 Å². The van der Waals surface area contributed by atoms with Gasteiger partial charge in [0.15, 0.2) is 16.7 Å². The Morgan fingerprint density at radius 2 is 1.87 bits per heavy atom. The first-order valence-electron chi connectivity index (χ1n) is 8.56. The Kier molecular flexibility index (Phi) is 7.52. The zero-order valence-corrected chi connectivity index (χ0v) is 17.9. The third-order valence-electron chi connectivity index (χ3n) is 3.67. The maximum absolute atomic E-state index is 12.8. The molecule has 0 aliphatic heterocycles. The first-order chi connectivity index (χ1) is 14.7. The van der Waals surface area contributed by atoms with Gasteiger partial charge in [0.1, 0.15) is 5.75 Å². The minimum absolute atomic E-state index is 0.0419. The molecule has 162 valence electrons. The summed E-state index contributed by atoms with van der Waals surface area (Å²) in [5, 5.41) is 10.9. The van der Waals surface area contributed by atoms with Crippen LogP contribution in [0.15, 0.2) is 52.9 Å². The zero-order chi connectivity index (χ0) is 22.4. The van der Waals surface area contributed by atoms with Crippen LogP contribution in [0.2, 0.25) is 5.02 Å². The molecule has 1 aromatic heterocycles. The van der Waals surface area contributed by atoms with Gasteiger partial charge in [-0.25, -0.2) is 0 Å². The molecule has 0 unspecified atom stereocenters. The number of carbonyl (C=O) groups excluding carboxylic acids is 2. The lowest BCUT2D eigenvalue weighted by Crippen LogP contribution is -2.20. The van der Waals surface area contributed by atoms with E-state index < -0.39 is 23.4 Å². The minimum atomic E-state index is -4.52. The molecule has 1 N–H and O–H groups in total. The molecule has 6 nitrogen and oxygen atoms in total. The number of alkyl halides is 3. The predicted octanol–water partition coefficient (Wildman–Crippen LogP) is 5.20. The summed E-state index contributed by atoms with van der Waals surface area (Å²) in [7, 11) is 0. The van der Waals surface area contributed by atoms with Crippen LogP contribution in [0.5, 0.6) is 5.75 Å². The molecule has 0 fully saturated rings. The number of carbonyl (C=O) groups is 2. The van der Waals surface area contributed by atoms with E-state index in [1.807, 2.05) is 0 Å². The molecule has 0 radical (unpaired) electrons. The van der Waals surface area contributed by atoms with Crippen LogP contribution in [0.4, 0.5) is 18.3 Å². The Balaban J connectivity index is 1.49. The third kappa shape index (κ3) is 6.94. The normalized spacial score (nSPS) is 11.2. The number of nitrogens with zero attached hydrogens (tertiary/aromatic N) is 2. The smallest absolute Gasteiger partial charge is 0.416 e. The van der Waals surface area contributed by atoms with E-state index >= 15 is 0 Å². The van der Waals surface area contributed by atoms with Crippen LogP contribution in [0, 0.1) is 0 Å². The highest BCUT2D eigenvalue weighted by atomic mass is 35.5. The van der Waals surface area contributed by atoms with E-state index in [-0.39, 0.29) is 23.1 Å². The summed E-state index contributed by atoms with van der Waals surface area (Å²) in [4.78, 5) is 24.1. The highest BCUT2D eigenvalue weighted by Gasteiger charge is 2.30. The molecule has 1 amide bonds. The molecule has 0 saturated carbocycles. The van der Waals surface area contributed by atoms with E-state index in [2.05, 4.69) is 15.5 Å². The van der Waals surface area contributed by atoms with Crippen molar-refractivity contribution in [3.8, 4) is 5.75 Å². The summed E-state index contributed by atoms with van der Waals surface area (Å²) >= 11 is 7.82. The predicted molar refractivity (Wildman–Crippen MR) is 112 cm³/mol. The monoisotopic (exact) mass is 487 g/mol. The number of ether oxygens (including phenoxy) is 1. The van der Waals surface area contributed by atoms with Crippen LogP contribution < -0.4 is 10.1 Å². The molecule has 0 atom stereocenters. The van der Waals surface area contributed by atoms with Crippen LogP contribution in [0.3, 0.4) is 0 Å². The summed E-state index contributed by atoms with van der Waals surface area (Å²) < 4.78 is 44.0. The van der Waals surface area contributed by atoms with Gasteiger partial charge in [-0.1, -0.05) is 46.8 Å². The number of anilines is 1.